The number of hydrogen-bond acceptors (Lipinski definition) is 3. The van der Waals surface area contributed by atoms with Crippen LogP contribution < -0.4 is 15.4 Å². The predicted molar refractivity (Wildman–Crippen MR) is 75.4 cm³/mol. The molecule has 1 saturated heterocycles. The number of benzene rings is 1. The molecule has 0 aromatic heterocycles. The van der Waals surface area contributed by atoms with Crippen LogP contribution in [-0.2, 0) is 4.79 Å². The molecule has 2 N–H and O–H groups in total. The Bertz CT molecular complexity index is 434. The van der Waals surface area contributed by atoms with E-state index in [0.717, 1.165) is 37.4 Å². The zero-order chi connectivity index (χ0) is 13.7. The number of nitrogens with one attached hydrogen (secondary N) is 2. The summed E-state index contributed by atoms with van der Waals surface area (Å²) >= 11 is 0. The fourth-order valence-corrected chi connectivity index (χ4v) is 2.63. The van der Waals surface area contributed by atoms with Crippen LogP contribution in [0.25, 0.3) is 0 Å². The predicted octanol–water partition coefficient (Wildman–Crippen LogP) is 1.52. The molecule has 2 unspecified atom stereocenters. The second kappa shape index (κ2) is 6.57. The Kier molecular flexibility index (Phi) is 4.80. The van der Waals surface area contributed by atoms with Crippen molar-refractivity contribution in [1.29, 1.82) is 0 Å². The average Bonchev–Trinajstić information content (AvgIpc) is 2.94. The lowest BCUT2D eigenvalue weighted by Crippen LogP contribution is -2.34. The van der Waals surface area contributed by atoms with Gasteiger partial charge in [-0.25, -0.2) is 0 Å². The summed E-state index contributed by atoms with van der Waals surface area (Å²) in [6.07, 6.45) is 0.964. The van der Waals surface area contributed by atoms with E-state index in [1.54, 1.807) is 7.11 Å². The van der Waals surface area contributed by atoms with Crippen molar-refractivity contribution < 1.29 is 9.53 Å². The molecule has 1 aromatic carbocycles. The van der Waals surface area contributed by atoms with Gasteiger partial charge in [0.25, 0.3) is 0 Å². The van der Waals surface area contributed by atoms with E-state index in [2.05, 4.69) is 23.6 Å². The van der Waals surface area contributed by atoms with Crippen molar-refractivity contribution in [3.63, 3.8) is 0 Å². The molecule has 0 spiro atoms. The van der Waals surface area contributed by atoms with Crippen LogP contribution in [0.4, 0.5) is 0 Å². The largest absolute Gasteiger partial charge is 0.496 e. The molecule has 0 saturated carbocycles. The maximum atomic E-state index is 12.2. The number of rotatable bonds is 5. The second-order valence-corrected chi connectivity index (χ2v) is 4.90. The van der Waals surface area contributed by atoms with Gasteiger partial charge in [-0.05, 0) is 18.1 Å². The van der Waals surface area contributed by atoms with Gasteiger partial charge in [0.2, 0.25) is 5.91 Å². The molecule has 19 heavy (non-hydrogen) atoms. The molecule has 2 rings (SSSR count). The second-order valence-electron chi connectivity index (χ2n) is 4.90. The molecule has 4 nitrogen and oxygen atoms in total. The van der Waals surface area contributed by atoms with Crippen molar-refractivity contribution in [3.05, 3.63) is 29.8 Å². The zero-order valence-electron chi connectivity index (χ0n) is 11.6. The molecule has 104 valence electrons. The maximum Gasteiger partial charge on any atom is 0.225 e. The van der Waals surface area contributed by atoms with E-state index in [1.807, 2.05) is 18.2 Å². The van der Waals surface area contributed by atoms with Crippen LogP contribution in [0.2, 0.25) is 0 Å². The van der Waals surface area contributed by atoms with Crippen LogP contribution in [0, 0.1) is 5.92 Å². The minimum atomic E-state index is -0.0113. The van der Waals surface area contributed by atoms with Crippen LogP contribution in [-0.4, -0.2) is 32.7 Å². The smallest absolute Gasteiger partial charge is 0.225 e. The quantitative estimate of drug-likeness (QED) is 0.846. The lowest BCUT2D eigenvalue weighted by atomic mass is 9.87. The highest BCUT2D eigenvalue weighted by molar-refractivity contribution is 5.80. The fourth-order valence-electron chi connectivity index (χ4n) is 2.63. The molecule has 0 bridgehead atoms. The summed E-state index contributed by atoms with van der Waals surface area (Å²) in [4.78, 5) is 12.2. The molecule has 1 amide bonds. The van der Waals surface area contributed by atoms with Crippen molar-refractivity contribution in [1.82, 2.24) is 10.6 Å². The number of hydrogen-bond donors (Lipinski definition) is 2. The molecule has 0 aliphatic carbocycles. The molecular weight excluding hydrogens is 240 g/mol. The third-order valence-corrected chi connectivity index (χ3v) is 3.64. The van der Waals surface area contributed by atoms with E-state index in [4.69, 9.17) is 4.74 Å². The minimum absolute atomic E-state index is 0.0113. The van der Waals surface area contributed by atoms with Crippen molar-refractivity contribution in [2.45, 2.75) is 19.3 Å². The van der Waals surface area contributed by atoms with Crippen LogP contribution in [0.15, 0.2) is 24.3 Å². The number of methoxy groups -OCH3 is 1. The number of ether oxygens (including phenoxy) is 1. The van der Waals surface area contributed by atoms with E-state index in [1.165, 1.54) is 0 Å². The first-order valence-corrected chi connectivity index (χ1v) is 6.89. The van der Waals surface area contributed by atoms with Crippen molar-refractivity contribution in [3.8, 4) is 5.75 Å². The highest BCUT2D eigenvalue weighted by Crippen LogP contribution is 2.34. The van der Waals surface area contributed by atoms with Crippen molar-refractivity contribution in [2.75, 3.05) is 26.7 Å². The third kappa shape index (κ3) is 3.07. The average molecular weight is 262 g/mol. The molecule has 4 heteroatoms. The van der Waals surface area contributed by atoms with Gasteiger partial charge in [0.05, 0.1) is 13.0 Å². The van der Waals surface area contributed by atoms with Crippen LogP contribution >= 0.6 is 0 Å². The first-order valence-electron chi connectivity index (χ1n) is 6.89. The Balaban J connectivity index is 2.16. The molecule has 1 aliphatic heterocycles. The first kappa shape index (κ1) is 13.9. The minimum Gasteiger partial charge on any atom is -0.496 e. The van der Waals surface area contributed by atoms with Crippen LogP contribution in [0.1, 0.15) is 24.8 Å². The first-order chi connectivity index (χ1) is 9.27. The van der Waals surface area contributed by atoms with Crippen LogP contribution in [0.3, 0.4) is 0 Å². The molecular formula is C15H22N2O2. The summed E-state index contributed by atoms with van der Waals surface area (Å²) in [5.41, 5.74) is 1.12. The summed E-state index contributed by atoms with van der Waals surface area (Å²) in [6, 6.07) is 7.96. The molecule has 1 fully saturated rings. The molecule has 1 aromatic rings. The van der Waals surface area contributed by atoms with Gasteiger partial charge >= 0.3 is 0 Å². The van der Waals surface area contributed by atoms with Gasteiger partial charge in [0, 0.05) is 25.6 Å². The SMILES string of the molecule is CCCNC(=O)C1CNCC1c1ccccc1OC. The number of carbonyl (C=O) groups excluding carboxylic acids is 1. The summed E-state index contributed by atoms with van der Waals surface area (Å²) in [5, 5.41) is 6.30. The van der Waals surface area contributed by atoms with E-state index in [0.29, 0.717) is 0 Å². The lowest BCUT2D eigenvalue weighted by molar-refractivity contribution is -0.124. The number of para-hydroxylation sites is 1. The molecule has 2 atom stereocenters. The summed E-state index contributed by atoms with van der Waals surface area (Å²) < 4.78 is 5.41. The van der Waals surface area contributed by atoms with E-state index in [-0.39, 0.29) is 17.7 Å². The highest BCUT2D eigenvalue weighted by atomic mass is 16.5. The van der Waals surface area contributed by atoms with E-state index in [9.17, 15) is 4.79 Å². The van der Waals surface area contributed by atoms with Gasteiger partial charge in [0.15, 0.2) is 0 Å². The fraction of sp³-hybridized carbons (Fsp3) is 0.533. The topological polar surface area (TPSA) is 50.4 Å². The van der Waals surface area contributed by atoms with E-state index >= 15 is 0 Å². The Morgan fingerprint density at radius 2 is 2.21 bits per heavy atom. The monoisotopic (exact) mass is 262 g/mol. The van der Waals surface area contributed by atoms with Crippen molar-refractivity contribution in [2.24, 2.45) is 5.92 Å². The standard InChI is InChI=1S/C15H22N2O2/c1-3-8-17-15(18)13-10-16-9-12(13)11-6-4-5-7-14(11)19-2/h4-7,12-13,16H,3,8-10H2,1-2H3,(H,17,18). The van der Waals surface area contributed by atoms with Crippen molar-refractivity contribution >= 4 is 5.91 Å². The lowest BCUT2D eigenvalue weighted by Gasteiger charge is -2.20. The number of amides is 1. The normalized spacial score (nSPS) is 22.2. The summed E-state index contributed by atoms with van der Waals surface area (Å²) in [7, 11) is 1.67. The molecule has 0 radical (unpaired) electrons. The zero-order valence-corrected chi connectivity index (χ0v) is 11.6. The van der Waals surface area contributed by atoms with Gasteiger partial charge in [-0.1, -0.05) is 25.1 Å². The van der Waals surface area contributed by atoms with Gasteiger partial charge < -0.3 is 15.4 Å². The molecule has 1 heterocycles. The van der Waals surface area contributed by atoms with Gasteiger partial charge in [0.1, 0.15) is 5.75 Å². The Hall–Kier alpha value is -1.55. The van der Waals surface area contributed by atoms with Gasteiger partial charge in [-0.2, -0.15) is 0 Å². The van der Waals surface area contributed by atoms with Gasteiger partial charge in [-0.3, -0.25) is 4.79 Å². The Morgan fingerprint density at radius 3 is 2.95 bits per heavy atom. The highest BCUT2D eigenvalue weighted by Gasteiger charge is 2.35. The molecule has 1 aliphatic rings. The summed E-state index contributed by atoms with van der Waals surface area (Å²) in [5.74, 6) is 1.18. The van der Waals surface area contributed by atoms with E-state index < -0.39 is 0 Å². The van der Waals surface area contributed by atoms with Gasteiger partial charge in [-0.15, -0.1) is 0 Å². The summed E-state index contributed by atoms with van der Waals surface area (Å²) in [6.45, 7) is 4.36. The van der Waals surface area contributed by atoms with Crippen LogP contribution in [0.5, 0.6) is 5.75 Å². The maximum absolute atomic E-state index is 12.2. The Morgan fingerprint density at radius 1 is 1.42 bits per heavy atom. The number of carbonyl (C=O) groups is 1. The Labute approximate surface area is 114 Å². The third-order valence-electron chi connectivity index (χ3n) is 3.64.